The first kappa shape index (κ1) is 11.7. The number of nitrogens with zero attached hydrogens (tertiary/aromatic N) is 1. The molecule has 0 fully saturated rings. The minimum absolute atomic E-state index is 0.599. The summed E-state index contributed by atoms with van der Waals surface area (Å²) in [5, 5.41) is 0.930. The van der Waals surface area contributed by atoms with Gasteiger partial charge in [0.25, 0.3) is 0 Å². The number of aromatic nitrogens is 1. The lowest BCUT2D eigenvalue weighted by atomic mass is 9.81. The second-order valence-corrected chi connectivity index (χ2v) is 6.30. The maximum absolute atomic E-state index is 6.26. The summed E-state index contributed by atoms with van der Waals surface area (Å²) in [7, 11) is 0. The molecule has 2 aromatic rings. The average Bonchev–Trinajstić information content (AvgIpc) is 2.74. The van der Waals surface area contributed by atoms with Crippen molar-refractivity contribution in [2.45, 2.75) is 38.5 Å². The monoisotopic (exact) mass is 258 g/mol. The summed E-state index contributed by atoms with van der Waals surface area (Å²) >= 11 is 1.76. The van der Waals surface area contributed by atoms with Gasteiger partial charge in [0.05, 0.1) is 10.7 Å². The quantitative estimate of drug-likeness (QED) is 0.823. The van der Waals surface area contributed by atoms with E-state index in [2.05, 4.69) is 24.9 Å². The van der Waals surface area contributed by atoms with Crippen LogP contribution < -0.4 is 5.73 Å². The molecule has 0 saturated carbocycles. The molecule has 2 atom stereocenters. The van der Waals surface area contributed by atoms with E-state index in [9.17, 15) is 0 Å². The van der Waals surface area contributed by atoms with Gasteiger partial charge >= 0.3 is 0 Å². The van der Waals surface area contributed by atoms with Crippen LogP contribution in [0.15, 0.2) is 24.4 Å². The predicted octanol–water partition coefficient (Wildman–Crippen LogP) is 4.39. The van der Waals surface area contributed by atoms with Crippen molar-refractivity contribution in [1.29, 1.82) is 0 Å². The van der Waals surface area contributed by atoms with E-state index in [0.29, 0.717) is 11.8 Å². The fourth-order valence-electron chi connectivity index (χ4n) is 2.89. The summed E-state index contributed by atoms with van der Waals surface area (Å²) in [5.74, 6) is 1.24. The smallest absolute Gasteiger partial charge is 0.0957 e. The molecular weight excluding hydrogens is 240 g/mol. The molecule has 1 aliphatic carbocycles. The Bertz CT molecular complexity index is 559. The van der Waals surface area contributed by atoms with E-state index in [0.717, 1.165) is 10.7 Å². The molecule has 0 aliphatic heterocycles. The first-order chi connectivity index (χ1) is 8.68. The zero-order valence-electron chi connectivity index (χ0n) is 10.8. The highest BCUT2D eigenvalue weighted by Crippen LogP contribution is 2.50. The van der Waals surface area contributed by atoms with Crippen LogP contribution in [0.5, 0.6) is 0 Å². The fourth-order valence-corrected chi connectivity index (χ4v) is 4.17. The Hall–Kier alpha value is -1.35. The lowest BCUT2D eigenvalue weighted by Crippen LogP contribution is -2.08. The van der Waals surface area contributed by atoms with Gasteiger partial charge in [-0.3, -0.25) is 4.98 Å². The average molecular weight is 258 g/mol. The Balaban J connectivity index is 2.22. The number of pyridine rings is 1. The number of fused-ring (bicyclic) bond motifs is 1. The molecule has 0 spiro atoms. The second-order valence-electron chi connectivity index (χ2n) is 5.21. The lowest BCUT2D eigenvalue weighted by molar-refractivity contribution is 0.537. The Morgan fingerprint density at radius 3 is 2.72 bits per heavy atom. The van der Waals surface area contributed by atoms with Crippen molar-refractivity contribution in [1.82, 2.24) is 4.98 Å². The van der Waals surface area contributed by atoms with Crippen molar-refractivity contribution in [3.05, 3.63) is 34.8 Å². The third-order valence-electron chi connectivity index (χ3n) is 3.90. The highest BCUT2D eigenvalue weighted by atomic mass is 32.1. The second kappa shape index (κ2) is 4.39. The number of hydrogen-bond donors (Lipinski definition) is 1. The lowest BCUT2D eigenvalue weighted by Gasteiger charge is -2.25. The number of nitrogen functional groups attached to an aromatic ring is 1. The van der Waals surface area contributed by atoms with E-state index in [1.165, 1.54) is 28.8 Å². The maximum atomic E-state index is 6.26. The van der Waals surface area contributed by atoms with E-state index in [4.69, 9.17) is 5.73 Å². The van der Waals surface area contributed by atoms with Crippen LogP contribution in [0.2, 0.25) is 0 Å². The van der Waals surface area contributed by atoms with Crippen molar-refractivity contribution >= 4 is 16.3 Å². The van der Waals surface area contributed by atoms with Gasteiger partial charge in [-0.1, -0.05) is 19.9 Å². The topological polar surface area (TPSA) is 38.9 Å². The van der Waals surface area contributed by atoms with Gasteiger partial charge in [-0.2, -0.15) is 0 Å². The Kier molecular flexibility index (Phi) is 2.86. The highest BCUT2D eigenvalue weighted by Gasteiger charge is 2.29. The molecule has 0 radical (unpaired) electrons. The van der Waals surface area contributed by atoms with E-state index in [-0.39, 0.29) is 0 Å². The first-order valence-corrected chi connectivity index (χ1v) is 7.33. The molecule has 0 saturated heterocycles. The summed E-state index contributed by atoms with van der Waals surface area (Å²) in [6.07, 6.45) is 4.37. The molecule has 1 aliphatic rings. The molecule has 94 valence electrons. The summed E-state index contributed by atoms with van der Waals surface area (Å²) < 4.78 is 0. The largest absolute Gasteiger partial charge is 0.390 e. The van der Waals surface area contributed by atoms with Gasteiger partial charge in [0.2, 0.25) is 0 Å². The number of rotatable bonds is 1. The summed E-state index contributed by atoms with van der Waals surface area (Å²) in [6.45, 7) is 4.62. The molecule has 2 unspecified atom stereocenters. The van der Waals surface area contributed by atoms with Gasteiger partial charge < -0.3 is 5.73 Å². The van der Waals surface area contributed by atoms with Gasteiger partial charge in [0.15, 0.2) is 0 Å². The van der Waals surface area contributed by atoms with Crippen molar-refractivity contribution in [2.75, 3.05) is 5.73 Å². The highest BCUT2D eigenvalue weighted by molar-refractivity contribution is 7.16. The van der Waals surface area contributed by atoms with Crippen LogP contribution in [0.25, 0.3) is 11.3 Å². The van der Waals surface area contributed by atoms with E-state index in [1.807, 2.05) is 18.3 Å². The molecule has 3 heteroatoms. The minimum atomic E-state index is 0.599. The molecule has 2 aromatic heterocycles. The molecule has 18 heavy (non-hydrogen) atoms. The fraction of sp³-hybridized carbons (Fsp3) is 0.400. The summed E-state index contributed by atoms with van der Waals surface area (Å²) in [6, 6.07) is 6.04. The van der Waals surface area contributed by atoms with Crippen LogP contribution in [-0.2, 0) is 0 Å². The van der Waals surface area contributed by atoms with Crippen molar-refractivity contribution in [3.63, 3.8) is 0 Å². The Labute approximate surface area is 112 Å². The van der Waals surface area contributed by atoms with Gasteiger partial charge in [-0.15, -0.1) is 11.3 Å². The van der Waals surface area contributed by atoms with E-state index < -0.39 is 0 Å². The predicted molar refractivity (Wildman–Crippen MR) is 78.0 cm³/mol. The SMILES string of the molecule is CC1CCC(C)c2c1sc(N)c2-c1ccccn1. The van der Waals surface area contributed by atoms with Crippen LogP contribution >= 0.6 is 11.3 Å². The van der Waals surface area contributed by atoms with Gasteiger partial charge in [0.1, 0.15) is 0 Å². The van der Waals surface area contributed by atoms with E-state index >= 15 is 0 Å². The molecule has 0 amide bonds. The summed E-state index contributed by atoms with van der Waals surface area (Å²) in [4.78, 5) is 5.95. The Morgan fingerprint density at radius 1 is 1.22 bits per heavy atom. The molecule has 2 N–H and O–H groups in total. The Morgan fingerprint density at radius 2 is 2.00 bits per heavy atom. The standard InChI is InChI=1S/C15H18N2S/c1-9-6-7-10(2)14-12(9)13(15(16)18-14)11-5-3-4-8-17-11/h3-5,8-10H,6-7,16H2,1-2H3. The third-order valence-corrected chi connectivity index (χ3v) is 5.16. The normalized spacial score (nSPS) is 22.8. The van der Waals surface area contributed by atoms with Crippen LogP contribution in [0.3, 0.4) is 0 Å². The van der Waals surface area contributed by atoms with Gasteiger partial charge in [0, 0.05) is 16.6 Å². The van der Waals surface area contributed by atoms with Gasteiger partial charge in [-0.25, -0.2) is 0 Å². The van der Waals surface area contributed by atoms with Crippen LogP contribution in [0, 0.1) is 0 Å². The number of hydrogen-bond acceptors (Lipinski definition) is 3. The van der Waals surface area contributed by atoms with Crippen LogP contribution in [0.1, 0.15) is 49.0 Å². The number of anilines is 1. The summed E-state index contributed by atoms with van der Waals surface area (Å²) in [5.41, 5.74) is 9.92. The molecule has 2 heterocycles. The van der Waals surface area contributed by atoms with Crippen LogP contribution in [-0.4, -0.2) is 4.98 Å². The zero-order chi connectivity index (χ0) is 12.7. The van der Waals surface area contributed by atoms with Gasteiger partial charge in [-0.05, 0) is 42.4 Å². The van der Waals surface area contributed by atoms with E-state index in [1.54, 1.807) is 11.3 Å². The number of thiophene rings is 1. The molecule has 0 bridgehead atoms. The van der Waals surface area contributed by atoms with Crippen molar-refractivity contribution in [2.24, 2.45) is 0 Å². The first-order valence-electron chi connectivity index (χ1n) is 6.52. The molecule has 3 rings (SSSR count). The molecule has 2 nitrogen and oxygen atoms in total. The molecule has 0 aromatic carbocycles. The number of nitrogens with two attached hydrogens (primary N) is 1. The third kappa shape index (κ3) is 1.74. The van der Waals surface area contributed by atoms with Crippen molar-refractivity contribution < 1.29 is 0 Å². The minimum Gasteiger partial charge on any atom is -0.390 e. The maximum Gasteiger partial charge on any atom is 0.0957 e. The zero-order valence-corrected chi connectivity index (χ0v) is 11.6. The van der Waals surface area contributed by atoms with Crippen LogP contribution in [0.4, 0.5) is 5.00 Å². The van der Waals surface area contributed by atoms with Crippen molar-refractivity contribution in [3.8, 4) is 11.3 Å². The molecular formula is C15H18N2S.